The van der Waals surface area contributed by atoms with Crippen LogP contribution in [0.25, 0.3) is 22.4 Å². The van der Waals surface area contributed by atoms with Crippen LogP contribution in [0.1, 0.15) is 48.0 Å². The number of pyridine rings is 2. The van der Waals surface area contributed by atoms with Crippen LogP contribution >= 0.6 is 23.2 Å². The summed E-state index contributed by atoms with van der Waals surface area (Å²) in [6, 6.07) is 15.9. The summed E-state index contributed by atoms with van der Waals surface area (Å²) >= 11 is 13.8. The molecule has 1 amide bonds. The highest BCUT2D eigenvalue weighted by Crippen LogP contribution is 2.42. The number of methoxy groups -OCH3 is 1. The summed E-state index contributed by atoms with van der Waals surface area (Å²) in [4.78, 5) is 34.2. The van der Waals surface area contributed by atoms with Crippen LogP contribution in [0.3, 0.4) is 0 Å². The summed E-state index contributed by atoms with van der Waals surface area (Å²) in [7, 11) is 1.45. The van der Waals surface area contributed by atoms with E-state index in [-0.39, 0.29) is 23.1 Å². The maximum atomic E-state index is 15.8. The summed E-state index contributed by atoms with van der Waals surface area (Å²) in [5.41, 5.74) is 3.67. The van der Waals surface area contributed by atoms with Gasteiger partial charge in [0.1, 0.15) is 0 Å². The summed E-state index contributed by atoms with van der Waals surface area (Å²) in [5.74, 6) is -0.0340. The lowest BCUT2D eigenvalue weighted by Gasteiger charge is -2.44. The Kier molecular flexibility index (Phi) is 9.03. The lowest BCUT2D eigenvalue weighted by Crippen LogP contribution is -2.57. The van der Waals surface area contributed by atoms with Crippen LogP contribution in [0, 0.1) is 5.82 Å². The fraction of sp³-hybridized carbons (Fsp3) is 0.294. The van der Waals surface area contributed by atoms with Crippen molar-refractivity contribution in [1.82, 2.24) is 20.2 Å². The zero-order valence-corrected chi connectivity index (χ0v) is 26.2. The van der Waals surface area contributed by atoms with Crippen LogP contribution < -0.4 is 15.4 Å². The minimum atomic E-state index is -0.441. The van der Waals surface area contributed by atoms with Crippen molar-refractivity contribution in [3.05, 3.63) is 87.8 Å². The fourth-order valence-electron chi connectivity index (χ4n) is 6.21. The number of amides is 1. The van der Waals surface area contributed by atoms with Gasteiger partial charge >= 0.3 is 0 Å². The Hall–Kier alpha value is -4.05. The molecule has 232 valence electrons. The zero-order chi connectivity index (χ0) is 31.6. The maximum absolute atomic E-state index is 15.8. The molecule has 4 heterocycles. The second kappa shape index (κ2) is 13.1. The molecule has 4 aromatic rings. The first-order valence-electron chi connectivity index (χ1n) is 14.8. The Labute approximate surface area is 270 Å². The molecular formula is C34H32Cl2FN5O3. The van der Waals surface area contributed by atoms with Gasteiger partial charge in [-0.2, -0.15) is 0 Å². The molecular weight excluding hydrogens is 616 g/mol. The largest absolute Gasteiger partial charge is 0.480 e. The number of nitrogens with zero attached hydrogens (tertiary/aromatic N) is 3. The smallest absolute Gasteiger partial charge is 0.224 e. The molecule has 0 radical (unpaired) electrons. The predicted molar refractivity (Wildman–Crippen MR) is 174 cm³/mol. The highest BCUT2D eigenvalue weighted by Gasteiger charge is 2.38. The monoisotopic (exact) mass is 647 g/mol. The topological polar surface area (TPSA) is 96.4 Å². The summed E-state index contributed by atoms with van der Waals surface area (Å²) in [6.45, 7) is 2.00. The first-order valence-corrected chi connectivity index (χ1v) is 15.6. The molecule has 8 nitrogen and oxygen atoms in total. The standard InChI is InChI=1S/C34H32Cl2FN5O3/c1-45-33-22(20-43)10-11-26(40-33)25-7-2-5-23(29(25)35)24-6-3-8-27(30(24)36)39-32-31(37)21(12-16-38-32)19-42-17-14-34(15-18-42)13-4-9-28(44)41-34/h2-3,5-8,10-12,16,20H,4,9,13-15,17-19H2,1H3,(H,38,39)(H,41,44). The van der Waals surface area contributed by atoms with E-state index in [1.165, 1.54) is 7.11 Å². The number of carbonyl (C=O) groups excluding carboxylic acids is 2. The second-order valence-corrected chi connectivity index (χ2v) is 12.2. The summed E-state index contributed by atoms with van der Waals surface area (Å²) < 4.78 is 21.0. The number of hydrogen-bond donors (Lipinski definition) is 2. The third kappa shape index (κ3) is 6.38. The highest BCUT2D eigenvalue weighted by molar-refractivity contribution is 6.39. The van der Waals surface area contributed by atoms with E-state index < -0.39 is 5.82 Å². The molecule has 2 aromatic heterocycles. The van der Waals surface area contributed by atoms with E-state index in [9.17, 15) is 9.59 Å². The van der Waals surface area contributed by atoms with Gasteiger partial charge in [-0.3, -0.25) is 14.5 Å². The van der Waals surface area contributed by atoms with Gasteiger partial charge in [-0.1, -0.05) is 53.5 Å². The minimum absolute atomic E-state index is 0.0750. The number of nitrogens with one attached hydrogen (secondary N) is 2. The quantitative estimate of drug-likeness (QED) is 0.192. The van der Waals surface area contributed by atoms with Gasteiger partial charge in [0.25, 0.3) is 0 Å². The van der Waals surface area contributed by atoms with Crippen molar-refractivity contribution in [1.29, 1.82) is 0 Å². The van der Waals surface area contributed by atoms with E-state index >= 15 is 4.39 Å². The molecule has 0 unspecified atom stereocenters. The van der Waals surface area contributed by atoms with Gasteiger partial charge in [0.15, 0.2) is 17.9 Å². The van der Waals surface area contributed by atoms with Crippen molar-refractivity contribution >= 4 is 46.9 Å². The lowest BCUT2D eigenvalue weighted by atomic mass is 9.80. The predicted octanol–water partition coefficient (Wildman–Crippen LogP) is 7.46. The molecule has 0 saturated carbocycles. The third-order valence-corrected chi connectivity index (χ3v) is 9.48. The van der Waals surface area contributed by atoms with Gasteiger partial charge < -0.3 is 15.4 Å². The molecule has 2 aliphatic heterocycles. The maximum Gasteiger partial charge on any atom is 0.224 e. The van der Waals surface area contributed by atoms with Gasteiger partial charge in [0.2, 0.25) is 11.8 Å². The number of anilines is 2. The van der Waals surface area contributed by atoms with Crippen LogP contribution in [0.5, 0.6) is 5.88 Å². The highest BCUT2D eigenvalue weighted by atomic mass is 35.5. The summed E-state index contributed by atoms with van der Waals surface area (Å²) in [6.07, 6.45) is 6.50. The number of aldehydes is 1. The number of piperidine rings is 2. The second-order valence-electron chi connectivity index (χ2n) is 11.5. The van der Waals surface area contributed by atoms with E-state index in [1.54, 1.807) is 30.5 Å². The Morgan fingerprint density at radius 2 is 1.76 bits per heavy atom. The number of carbonyl (C=O) groups is 2. The van der Waals surface area contributed by atoms with Crippen molar-refractivity contribution in [2.24, 2.45) is 0 Å². The van der Waals surface area contributed by atoms with E-state index in [4.69, 9.17) is 27.9 Å². The number of aromatic nitrogens is 2. The molecule has 0 aliphatic carbocycles. The fourth-order valence-corrected chi connectivity index (χ4v) is 6.81. The number of rotatable bonds is 8. The van der Waals surface area contributed by atoms with Crippen LogP contribution in [0.2, 0.25) is 10.0 Å². The van der Waals surface area contributed by atoms with Crippen molar-refractivity contribution < 1.29 is 18.7 Å². The van der Waals surface area contributed by atoms with Crippen molar-refractivity contribution in [2.75, 3.05) is 25.5 Å². The third-order valence-electron chi connectivity index (χ3n) is 8.67. The van der Waals surface area contributed by atoms with Crippen molar-refractivity contribution in [3.8, 4) is 28.3 Å². The number of likely N-dealkylation sites (tertiary alicyclic amines) is 1. The first-order chi connectivity index (χ1) is 21.8. The molecule has 2 N–H and O–H groups in total. The van der Waals surface area contributed by atoms with Crippen molar-refractivity contribution in [3.63, 3.8) is 0 Å². The van der Waals surface area contributed by atoms with Crippen LogP contribution in [-0.4, -0.2) is 52.8 Å². The minimum Gasteiger partial charge on any atom is -0.480 e. The molecule has 0 atom stereocenters. The Morgan fingerprint density at radius 3 is 2.49 bits per heavy atom. The van der Waals surface area contributed by atoms with Crippen molar-refractivity contribution in [2.45, 2.75) is 44.2 Å². The number of hydrogen-bond acceptors (Lipinski definition) is 7. The Morgan fingerprint density at radius 1 is 1.02 bits per heavy atom. The van der Waals surface area contributed by atoms with E-state index in [0.29, 0.717) is 68.5 Å². The van der Waals surface area contributed by atoms with E-state index in [0.717, 1.165) is 38.8 Å². The van der Waals surface area contributed by atoms with Gasteiger partial charge in [-0.05, 0) is 49.9 Å². The Balaban J connectivity index is 1.22. The van der Waals surface area contributed by atoms with Crippen LogP contribution in [-0.2, 0) is 11.3 Å². The van der Waals surface area contributed by atoms with Gasteiger partial charge in [-0.15, -0.1) is 0 Å². The van der Waals surface area contributed by atoms with E-state index in [1.807, 2.05) is 30.3 Å². The van der Waals surface area contributed by atoms with Gasteiger partial charge in [0.05, 0.1) is 34.1 Å². The van der Waals surface area contributed by atoms with Gasteiger partial charge in [-0.25, -0.2) is 14.4 Å². The molecule has 0 bridgehead atoms. The summed E-state index contributed by atoms with van der Waals surface area (Å²) in [5, 5.41) is 7.05. The molecule has 11 heteroatoms. The molecule has 45 heavy (non-hydrogen) atoms. The Bertz CT molecular complexity index is 1760. The molecule has 1 spiro atoms. The normalized spacial score (nSPS) is 16.3. The van der Waals surface area contributed by atoms with Crippen LogP contribution in [0.4, 0.5) is 15.9 Å². The first kappa shape index (κ1) is 31.0. The average Bonchev–Trinajstić information content (AvgIpc) is 3.05. The van der Waals surface area contributed by atoms with Crippen LogP contribution in [0.15, 0.2) is 60.8 Å². The number of ether oxygens (including phenoxy) is 1. The molecule has 2 saturated heterocycles. The zero-order valence-electron chi connectivity index (χ0n) is 24.7. The average molecular weight is 649 g/mol. The molecule has 2 fully saturated rings. The number of benzene rings is 2. The SMILES string of the molecule is COc1nc(-c2cccc(-c3cccc(Nc4nccc(CN5CCC6(CCCC(=O)N6)CC5)c4F)c3Cl)c2Cl)ccc1C=O. The lowest BCUT2D eigenvalue weighted by molar-refractivity contribution is -0.126. The van der Waals surface area contributed by atoms with E-state index in [2.05, 4.69) is 25.5 Å². The molecule has 2 aliphatic rings. The number of halogens is 3. The molecule has 2 aromatic carbocycles. The molecule has 6 rings (SSSR count). The van der Waals surface area contributed by atoms with Gasteiger partial charge in [0, 0.05) is 60.0 Å².